The molecule has 0 amide bonds. The van der Waals surface area contributed by atoms with E-state index in [9.17, 15) is 0 Å². The SMILES string of the molecule is OCC1OC(O)[C@@H](O)C(O)[C@H]1O. The van der Waals surface area contributed by atoms with E-state index in [-0.39, 0.29) is 0 Å². The minimum absolute atomic E-state index is 0.526. The van der Waals surface area contributed by atoms with Gasteiger partial charge in [-0.05, 0) is 0 Å². The summed E-state index contributed by atoms with van der Waals surface area (Å²) >= 11 is 0. The average molecular weight is 180 g/mol. The quantitative estimate of drug-likeness (QED) is 0.290. The summed E-state index contributed by atoms with van der Waals surface area (Å²) in [6.07, 6.45) is -7.04. The molecule has 0 aromatic rings. The second kappa shape index (κ2) is 3.65. The van der Waals surface area contributed by atoms with Crippen molar-refractivity contribution in [3.8, 4) is 0 Å². The van der Waals surface area contributed by atoms with Crippen molar-refractivity contribution in [1.82, 2.24) is 0 Å². The Labute approximate surface area is 68.6 Å². The molecule has 1 rings (SSSR count). The molecule has 1 fully saturated rings. The van der Waals surface area contributed by atoms with Gasteiger partial charge in [0.2, 0.25) is 0 Å². The van der Waals surface area contributed by atoms with Gasteiger partial charge in [-0.3, -0.25) is 0 Å². The molecule has 5 atom stereocenters. The minimum Gasteiger partial charge on any atom is -0.394 e. The molecular weight excluding hydrogens is 168 g/mol. The molecule has 72 valence electrons. The van der Waals surface area contributed by atoms with E-state index in [2.05, 4.69) is 4.74 Å². The fourth-order valence-corrected chi connectivity index (χ4v) is 1.08. The molecule has 0 bridgehead atoms. The summed E-state index contributed by atoms with van der Waals surface area (Å²) in [5, 5.41) is 44.7. The molecule has 1 aliphatic rings. The third-order valence-electron chi connectivity index (χ3n) is 1.87. The normalized spacial score (nSPS) is 49.2. The average Bonchev–Trinajstić information content (AvgIpc) is 2.08. The Morgan fingerprint density at radius 2 is 1.50 bits per heavy atom. The molecule has 0 aromatic heterocycles. The standard InChI is InChI=1S/C6H12O6/c7-1-2-3(8)4(9)5(10)6(11)12-2/h2-11H,1H2/t2?,3-,4?,5-,6?/m0/s1. The Morgan fingerprint density at radius 3 is 2.00 bits per heavy atom. The Kier molecular flexibility index (Phi) is 2.99. The van der Waals surface area contributed by atoms with Crippen LogP contribution in [0.1, 0.15) is 0 Å². The predicted molar refractivity (Wildman–Crippen MR) is 36.0 cm³/mol. The van der Waals surface area contributed by atoms with Crippen LogP contribution in [0.5, 0.6) is 0 Å². The second-order valence-electron chi connectivity index (χ2n) is 2.72. The predicted octanol–water partition coefficient (Wildman–Crippen LogP) is -3.22. The van der Waals surface area contributed by atoms with Crippen molar-refractivity contribution in [3.05, 3.63) is 0 Å². The van der Waals surface area contributed by atoms with Gasteiger partial charge in [0.1, 0.15) is 24.4 Å². The van der Waals surface area contributed by atoms with Gasteiger partial charge >= 0.3 is 0 Å². The fraction of sp³-hybridized carbons (Fsp3) is 1.00. The third-order valence-corrected chi connectivity index (χ3v) is 1.87. The lowest BCUT2D eigenvalue weighted by Gasteiger charge is -2.37. The highest BCUT2D eigenvalue weighted by Crippen LogP contribution is 2.18. The maximum absolute atomic E-state index is 9.12. The van der Waals surface area contributed by atoms with Crippen LogP contribution < -0.4 is 0 Å². The number of aliphatic hydroxyl groups is 5. The maximum atomic E-state index is 9.12. The van der Waals surface area contributed by atoms with E-state index >= 15 is 0 Å². The van der Waals surface area contributed by atoms with Crippen molar-refractivity contribution in [2.24, 2.45) is 0 Å². The van der Waals surface area contributed by atoms with Crippen molar-refractivity contribution in [2.45, 2.75) is 30.7 Å². The first kappa shape index (κ1) is 9.85. The monoisotopic (exact) mass is 180 g/mol. The summed E-state index contributed by atoms with van der Waals surface area (Å²) in [7, 11) is 0. The highest BCUT2D eigenvalue weighted by Gasteiger charge is 2.42. The molecule has 0 spiro atoms. The molecule has 0 saturated carbocycles. The van der Waals surface area contributed by atoms with Gasteiger partial charge in [0.25, 0.3) is 0 Å². The van der Waals surface area contributed by atoms with Crippen LogP contribution in [-0.4, -0.2) is 62.8 Å². The van der Waals surface area contributed by atoms with Crippen molar-refractivity contribution in [3.63, 3.8) is 0 Å². The van der Waals surface area contributed by atoms with Gasteiger partial charge < -0.3 is 30.3 Å². The van der Waals surface area contributed by atoms with Crippen LogP contribution >= 0.6 is 0 Å². The minimum atomic E-state index is -1.57. The number of aliphatic hydroxyl groups excluding tert-OH is 5. The second-order valence-corrected chi connectivity index (χ2v) is 2.72. The zero-order valence-corrected chi connectivity index (χ0v) is 6.24. The third kappa shape index (κ3) is 1.58. The van der Waals surface area contributed by atoms with E-state index in [1.165, 1.54) is 0 Å². The summed E-state index contributed by atoms with van der Waals surface area (Å²) in [6, 6.07) is 0. The van der Waals surface area contributed by atoms with E-state index in [0.29, 0.717) is 0 Å². The summed E-state index contributed by atoms with van der Waals surface area (Å²) < 4.78 is 4.58. The van der Waals surface area contributed by atoms with E-state index in [1.807, 2.05) is 0 Å². The first-order chi connectivity index (χ1) is 5.57. The zero-order valence-electron chi connectivity index (χ0n) is 6.24. The summed E-state index contributed by atoms with van der Waals surface area (Å²) in [6.45, 7) is -0.526. The van der Waals surface area contributed by atoms with Crippen LogP contribution in [0, 0.1) is 0 Å². The van der Waals surface area contributed by atoms with E-state index in [1.54, 1.807) is 0 Å². The van der Waals surface area contributed by atoms with Crippen molar-refractivity contribution >= 4 is 0 Å². The van der Waals surface area contributed by atoms with E-state index < -0.39 is 37.3 Å². The Morgan fingerprint density at radius 1 is 0.917 bits per heavy atom. The van der Waals surface area contributed by atoms with Gasteiger partial charge in [-0.1, -0.05) is 0 Å². The van der Waals surface area contributed by atoms with Crippen LogP contribution in [0.2, 0.25) is 0 Å². The van der Waals surface area contributed by atoms with Crippen molar-refractivity contribution < 1.29 is 30.3 Å². The van der Waals surface area contributed by atoms with Crippen LogP contribution in [0.3, 0.4) is 0 Å². The number of hydrogen-bond donors (Lipinski definition) is 5. The van der Waals surface area contributed by atoms with Crippen LogP contribution in [-0.2, 0) is 4.74 Å². The molecule has 0 aromatic carbocycles. The number of hydrogen-bond acceptors (Lipinski definition) is 6. The van der Waals surface area contributed by atoms with Crippen LogP contribution in [0.25, 0.3) is 0 Å². The summed E-state index contributed by atoms with van der Waals surface area (Å²) in [5.41, 5.74) is 0. The molecule has 0 aliphatic carbocycles. The fourth-order valence-electron chi connectivity index (χ4n) is 1.08. The largest absolute Gasteiger partial charge is 0.394 e. The van der Waals surface area contributed by atoms with Gasteiger partial charge in [-0.25, -0.2) is 0 Å². The Balaban J connectivity index is 2.63. The van der Waals surface area contributed by atoms with Crippen molar-refractivity contribution in [1.29, 1.82) is 0 Å². The lowest BCUT2D eigenvalue weighted by atomic mass is 10.00. The molecule has 3 unspecified atom stereocenters. The van der Waals surface area contributed by atoms with Crippen LogP contribution in [0.15, 0.2) is 0 Å². The smallest absolute Gasteiger partial charge is 0.184 e. The highest BCUT2D eigenvalue weighted by atomic mass is 16.6. The highest BCUT2D eigenvalue weighted by molar-refractivity contribution is 4.87. The first-order valence-corrected chi connectivity index (χ1v) is 3.56. The number of rotatable bonds is 1. The molecular formula is C6H12O6. The van der Waals surface area contributed by atoms with Gasteiger partial charge in [0.15, 0.2) is 6.29 Å². The molecule has 0 radical (unpaired) electrons. The topological polar surface area (TPSA) is 110 Å². The molecule has 1 saturated heterocycles. The van der Waals surface area contributed by atoms with E-state index in [0.717, 1.165) is 0 Å². The Hall–Kier alpha value is -0.240. The number of ether oxygens (including phenoxy) is 1. The zero-order chi connectivity index (χ0) is 9.30. The van der Waals surface area contributed by atoms with Crippen molar-refractivity contribution in [2.75, 3.05) is 6.61 Å². The molecule has 1 aliphatic heterocycles. The first-order valence-electron chi connectivity index (χ1n) is 3.56. The van der Waals surface area contributed by atoms with Gasteiger partial charge in [-0.15, -0.1) is 0 Å². The molecule has 1 heterocycles. The molecule has 6 nitrogen and oxygen atoms in total. The van der Waals surface area contributed by atoms with Gasteiger partial charge in [-0.2, -0.15) is 0 Å². The Bertz CT molecular complexity index is 146. The van der Waals surface area contributed by atoms with E-state index in [4.69, 9.17) is 25.5 Å². The molecule has 6 heteroatoms. The summed E-state index contributed by atoms with van der Waals surface area (Å²) in [5.74, 6) is 0. The molecule has 5 N–H and O–H groups in total. The molecule has 12 heavy (non-hydrogen) atoms. The lowest BCUT2D eigenvalue weighted by Crippen LogP contribution is -2.58. The van der Waals surface area contributed by atoms with Gasteiger partial charge in [0, 0.05) is 0 Å². The summed E-state index contributed by atoms with van der Waals surface area (Å²) in [4.78, 5) is 0. The van der Waals surface area contributed by atoms with Gasteiger partial charge in [0.05, 0.1) is 6.61 Å². The van der Waals surface area contributed by atoms with Crippen LogP contribution in [0.4, 0.5) is 0 Å². The lowest BCUT2D eigenvalue weighted by molar-refractivity contribution is -0.286. The maximum Gasteiger partial charge on any atom is 0.184 e.